The van der Waals surface area contributed by atoms with E-state index in [1.165, 1.54) is 16.2 Å². The molecule has 2 aromatic rings. The van der Waals surface area contributed by atoms with Gasteiger partial charge in [0.2, 0.25) is 0 Å². The molecule has 20 heavy (non-hydrogen) atoms. The zero-order chi connectivity index (χ0) is 14.0. The highest BCUT2D eigenvalue weighted by Crippen LogP contribution is 2.33. The van der Waals surface area contributed by atoms with Crippen LogP contribution in [0.2, 0.25) is 0 Å². The fourth-order valence-corrected chi connectivity index (χ4v) is 2.99. The molecule has 0 aliphatic carbocycles. The van der Waals surface area contributed by atoms with Crippen molar-refractivity contribution in [1.82, 2.24) is 4.90 Å². The maximum atomic E-state index is 11.9. The van der Waals surface area contributed by atoms with Crippen LogP contribution in [0.5, 0.6) is 0 Å². The first-order valence-electron chi connectivity index (χ1n) is 6.38. The van der Waals surface area contributed by atoms with Crippen molar-refractivity contribution in [3.8, 4) is 0 Å². The molecule has 3 rings (SSSR count). The third-order valence-corrected chi connectivity index (χ3v) is 4.11. The highest BCUT2D eigenvalue weighted by molar-refractivity contribution is 7.08. The lowest BCUT2D eigenvalue weighted by molar-refractivity contribution is -0.0946. The van der Waals surface area contributed by atoms with E-state index >= 15 is 0 Å². The van der Waals surface area contributed by atoms with Gasteiger partial charge in [0, 0.05) is 0 Å². The summed E-state index contributed by atoms with van der Waals surface area (Å²) in [7, 11) is 0. The zero-order valence-electron chi connectivity index (χ0n) is 10.9. The molecule has 4 nitrogen and oxygen atoms in total. The van der Waals surface area contributed by atoms with Gasteiger partial charge in [-0.25, -0.2) is 4.79 Å². The lowest BCUT2D eigenvalue weighted by atomic mass is 9.88. The summed E-state index contributed by atoms with van der Waals surface area (Å²) < 4.78 is 5.22. The lowest BCUT2D eigenvalue weighted by Crippen LogP contribution is -2.61. The Labute approximate surface area is 121 Å². The van der Waals surface area contributed by atoms with E-state index in [1.807, 2.05) is 47.2 Å². The van der Waals surface area contributed by atoms with Crippen LogP contribution in [0.25, 0.3) is 0 Å². The van der Waals surface area contributed by atoms with Gasteiger partial charge in [0.25, 0.3) is 0 Å². The molecular weight excluding hydrogens is 274 g/mol. The minimum atomic E-state index is -0.911. The first-order chi connectivity index (χ1) is 9.67. The van der Waals surface area contributed by atoms with E-state index in [0.29, 0.717) is 0 Å². The quantitative estimate of drug-likeness (QED) is 0.945. The highest BCUT2D eigenvalue weighted by atomic mass is 32.1. The normalized spacial score (nSPS) is 16.6. The van der Waals surface area contributed by atoms with Crippen LogP contribution in [0.1, 0.15) is 11.1 Å². The van der Waals surface area contributed by atoms with Gasteiger partial charge in [-0.05, 0) is 28.0 Å². The van der Waals surface area contributed by atoms with Crippen molar-refractivity contribution in [2.75, 3.05) is 13.1 Å². The molecule has 0 atom stereocenters. The average Bonchev–Trinajstić information content (AvgIpc) is 2.97. The van der Waals surface area contributed by atoms with Crippen LogP contribution >= 0.6 is 11.3 Å². The number of hydrogen-bond acceptors (Lipinski definition) is 4. The third kappa shape index (κ3) is 2.55. The van der Waals surface area contributed by atoms with Gasteiger partial charge < -0.3 is 14.7 Å². The Hall–Kier alpha value is -1.85. The summed E-state index contributed by atoms with van der Waals surface area (Å²) in [6.07, 6.45) is -0.381. The number of rotatable bonds is 3. The summed E-state index contributed by atoms with van der Waals surface area (Å²) in [5, 5.41) is 14.2. The second kappa shape index (κ2) is 5.26. The second-order valence-electron chi connectivity index (χ2n) is 4.94. The van der Waals surface area contributed by atoms with E-state index in [4.69, 9.17) is 4.74 Å². The van der Waals surface area contributed by atoms with E-state index in [-0.39, 0.29) is 25.8 Å². The molecule has 1 N–H and O–H groups in total. The molecule has 104 valence electrons. The fraction of sp³-hybridized carbons (Fsp3) is 0.267. The van der Waals surface area contributed by atoms with E-state index in [9.17, 15) is 9.90 Å². The number of nitrogens with zero attached hydrogens (tertiary/aromatic N) is 1. The molecular formula is C15H15NO3S. The Morgan fingerprint density at radius 3 is 2.70 bits per heavy atom. The zero-order valence-corrected chi connectivity index (χ0v) is 11.7. The lowest BCUT2D eigenvalue weighted by Gasteiger charge is -2.45. The van der Waals surface area contributed by atoms with Gasteiger partial charge >= 0.3 is 6.09 Å². The van der Waals surface area contributed by atoms with E-state index in [0.717, 1.165) is 11.1 Å². The minimum Gasteiger partial charge on any atom is -0.445 e. The van der Waals surface area contributed by atoms with Crippen LogP contribution in [0, 0.1) is 0 Å². The Bertz CT molecular complexity index is 576. The van der Waals surface area contributed by atoms with E-state index in [1.54, 1.807) is 0 Å². The Morgan fingerprint density at radius 1 is 1.30 bits per heavy atom. The Balaban J connectivity index is 1.51. The number of amides is 1. The standard InChI is InChI=1S/C15H15NO3S/c17-14(19-8-12-4-2-1-3-5-12)16-10-15(18,11-16)13-6-7-20-9-13/h1-7,9,18H,8,10-11H2. The van der Waals surface area contributed by atoms with Gasteiger partial charge in [-0.15, -0.1) is 0 Å². The SMILES string of the molecule is O=C(OCc1ccccc1)N1CC(O)(c2ccsc2)C1. The molecule has 0 radical (unpaired) electrons. The molecule has 0 spiro atoms. The largest absolute Gasteiger partial charge is 0.445 e. The molecule has 0 unspecified atom stereocenters. The summed E-state index contributed by atoms with van der Waals surface area (Å²) in [6.45, 7) is 0.835. The van der Waals surface area contributed by atoms with Gasteiger partial charge in [0.1, 0.15) is 12.2 Å². The van der Waals surface area contributed by atoms with Gasteiger partial charge in [0.15, 0.2) is 0 Å². The molecule has 1 amide bonds. The summed E-state index contributed by atoms with van der Waals surface area (Å²) in [4.78, 5) is 13.4. The number of thiophene rings is 1. The molecule has 5 heteroatoms. The number of hydrogen-bond donors (Lipinski definition) is 1. The Morgan fingerprint density at radius 2 is 2.05 bits per heavy atom. The van der Waals surface area contributed by atoms with Gasteiger partial charge in [-0.2, -0.15) is 11.3 Å². The predicted molar refractivity (Wildman–Crippen MR) is 76.4 cm³/mol. The molecule has 1 fully saturated rings. The number of carbonyl (C=O) groups excluding carboxylic acids is 1. The van der Waals surface area contributed by atoms with Crippen molar-refractivity contribution >= 4 is 17.4 Å². The number of aliphatic hydroxyl groups is 1. The van der Waals surface area contributed by atoms with Crippen LogP contribution in [0.4, 0.5) is 4.79 Å². The van der Waals surface area contributed by atoms with Crippen molar-refractivity contribution in [3.63, 3.8) is 0 Å². The van der Waals surface area contributed by atoms with Crippen molar-refractivity contribution in [1.29, 1.82) is 0 Å². The summed E-state index contributed by atoms with van der Waals surface area (Å²) in [5.74, 6) is 0. The topological polar surface area (TPSA) is 49.8 Å². The van der Waals surface area contributed by atoms with Crippen LogP contribution < -0.4 is 0 Å². The van der Waals surface area contributed by atoms with E-state index in [2.05, 4.69) is 0 Å². The Kier molecular flexibility index (Phi) is 3.46. The van der Waals surface area contributed by atoms with Crippen LogP contribution in [-0.2, 0) is 16.9 Å². The van der Waals surface area contributed by atoms with Gasteiger partial charge in [0.05, 0.1) is 13.1 Å². The number of ether oxygens (including phenoxy) is 1. The van der Waals surface area contributed by atoms with E-state index < -0.39 is 5.60 Å². The maximum Gasteiger partial charge on any atom is 0.410 e. The van der Waals surface area contributed by atoms with Crippen molar-refractivity contribution in [2.24, 2.45) is 0 Å². The smallest absolute Gasteiger partial charge is 0.410 e. The molecule has 1 aromatic heterocycles. The second-order valence-corrected chi connectivity index (χ2v) is 5.72. The molecule has 1 saturated heterocycles. The summed E-state index contributed by atoms with van der Waals surface area (Å²) >= 11 is 1.54. The molecule has 0 saturated carbocycles. The fourth-order valence-electron chi connectivity index (χ4n) is 2.24. The van der Waals surface area contributed by atoms with Crippen LogP contribution in [-0.4, -0.2) is 29.2 Å². The molecule has 2 heterocycles. The summed E-state index contributed by atoms with van der Waals surface area (Å²) in [6, 6.07) is 11.4. The average molecular weight is 289 g/mol. The minimum absolute atomic E-state index is 0.257. The monoisotopic (exact) mass is 289 g/mol. The number of likely N-dealkylation sites (tertiary alicyclic amines) is 1. The predicted octanol–water partition coefficient (Wildman–Crippen LogP) is 2.59. The molecule has 1 aromatic carbocycles. The third-order valence-electron chi connectivity index (χ3n) is 3.43. The highest BCUT2D eigenvalue weighted by Gasteiger charge is 2.45. The van der Waals surface area contributed by atoms with Crippen molar-refractivity contribution < 1.29 is 14.6 Å². The van der Waals surface area contributed by atoms with Crippen LogP contribution in [0.15, 0.2) is 47.2 Å². The molecule has 0 bridgehead atoms. The van der Waals surface area contributed by atoms with Crippen LogP contribution in [0.3, 0.4) is 0 Å². The van der Waals surface area contributed by atoms with Crippen molar-refractivity contribution in [3.05, 3.63) is 58.3 Å². The van der Waals surface area contributed by atoms with Gasteiger partial charge in [-0.1, -0.05) is 30.3 Å². The number of β-amino-alcohol motifs (C(OH)–C–C–N with tert-alkyl or cyclic N) is 1. The molecule has 1 aliphatic heterocycles. The number of carbonyl (C=O) groups is 1. The summed E-state index contributed by atoms with van der Waals surface area (Å²) in [5.41, 5.74) is 0.912. The first-order valence-corrected chi connectivity index (χ1v) is 7.32. The maximum absolute atomic E-state index is 11.9. The number of benzene rings is 1. The van der Waals surface area contributed by atoms with Gasteiger partial charge in [-0.3, -0.25) is 0 Å². The first kappa shape index (κ1) is 13.1. The molecule has 1 aliphatic rings. The van der Waals surface area contributed by atoms with Crippen molar-refractivity contribution in [2.45, 2.75) is 12.2 Å².